The van der Waals surface area contributed by atoms with Crippen molar-refractivity contribution >= 4 is 0 Å². The van der Waals surface area contributed by atoms with Crippen molar-refractivity contribution in [1.82, 2.24) is 5.32 Å². The number of hydrogen-bond acceptors (Lipinski definition) is 1. The monoisotopic (exact) mass is 175 g/mol. The van der Waals surface area contributed by atoms with Gasteiger partial charge in [-0.15, -0.1) is 0 Å². The number of benzene rings is 1. The molecule has 1 aliphatic heterocycles. The van der Waals surface area contributed by atoms with Crippen LogP contribution in [0.4, 0.5) is 0 Å². The van der Waals surface area contributed by atoms with E-state index in [0.29, 0.717) is 6.04 Å². The molecule has 0 spiro atoms. The average Bonchev–Trinajstić information content (AvgIpc) is 2.12. The summed E-state index contributed by atoms with van der Waals surface area (Å²) < 4.78 is 0. The SMILES string of the molecule is Cc1ccc(C)c2c1CCNC2C. The normalized spacial score (nSPS) is 21.3. The Hall–Kier alpha value is -0.820. The van der Waals surface area contributed by atoms with Gasteiger partial charge < -0.3 is 5.32 Å². The quantitative estimate of drug-likeness (QED) is 0.639. The maximum atomic E-state index is 3.51. The minimum absolute atomic E-state index is 0.531. The van der Waals surface area contributed by atoms with Gasteiger partial charge in [0.2, 0.25) is 0 Å². The van der Waals surface area contributed by atoms with Crippen LogP contribution in [-0.2, 0) is 6.42 Å². The molecule has 1 aromatic carbocycles. The lowest BCUT2D eigenvalue weighted by Gasteiger charge is -2.27. The zero-order valence-corrected chi connectivity index (χ0v) is 8.65. The van der Waals surface area contributed by atoms with E-state index >= 15 is 0 Å². The zero-order valence-electron chi connectivity index (χ0n) is 8.65. The van der Waals surface area contributed by atoms with Crippen molar-refractivity contribution in [3.8, 4) is 0 Å². The number of fused-ring (bicyclic) bond motifs is 1. The van der Waals surface area contributed by atoms with E-state index in [2.05, 4.69) is 38.2 Å². The van der Waals surface area contributed by atoms with E-state index in [1.165, 1.54) is 23.1 Å². The molecule has 1 heteroatoms. The largest absolute Gasteiger partial charge is 0.310 e. The Morgan fingerprint density at radius 2 is 1.92 bits per heavy atom. The molecule has 0 aromatic heterocycles. The van der Waals surface area contributed by atoms with E-state index < -0.39 is 0 Å². The molecular formula is C12H17N. The number of hydrogen-bond donors (Lipinski definition) is 1. The lowest BCUT2D eigenvalue weighted by atomic mass is 9.88. The summed E-state index contributed by atoms with van der Waals surface area (Å²) in [5, 5.41) is 3.51. The molecule has 0 amide bonds. The van der Waals surface area contributed by atoms with Gasteiger partial charge in [-0.1, -0.05) is 12.1 Å². The highest BCUT2D eigenvalue weighted by atomic mass is 14.9. The smallest absolute Gasteiger partial charge is 0.0297 e. The van der Waals surface area contributed by atoms with Gasteiger partial charge in [0.25, 0.3) is 0 Å². The molecule has 1 N–H and O–H groups in total. The molecule has 0 aliphatic carbocycles. The minimum Gasteiger partial charge on any atom is -0.310 e. The molecule has 1 aliphatic rings. The third kappa shape index (κ3) is 1.37. The van der Waals surface area contributed by atoms with Gasteiger partial charge >= 0.3 is 0 Å². The Labute approximate surface area is 80.2 Å². The summed E-state index contributed by atoms with van der Waals surface area (Å²) in [6, 6.07) is 5.01. The Bertz CT molecular complexity index is 328. The first kappa shape index (κ1) is 8.76. The van der Waals surface area contributed by atoms with Gasteiger partial charge in [-0.3, -0.25) is 0 Å². The molecule has 1 unspecified atom stereocenters. The molecule has 0 saturated carbocycles. The third-order valence-corrected chi connectivity index (χ3v) is 3.07. The van der Waals surface area contributed by atoms with Crippen molar-refractivity contribution in [2.45, 2.75) is 33.2 Å². The lowest BCUT2D eigenvalue weighted by Crippen LogP contribution is -2.29. The number of rotatable bonds is 0. The van der Waals surface area contributed by atoms with Gasteiger partial charge in [-0.05, 0) is 56.0 Å². The fraction of sp³-hybridized carbons (Fsp3) is 0.500. The maximum absolute atomic E-state index is 3.51. The zero-order chi connectivity index (χ0) is 9.42. The molecular weight excluding hydrogens is 158 g/mol. The van der Waals surface area contributed by atoms with Crippen LogP contribution in [0, 0.1) is 13.8 Å². The summed E-state index contributed by atoms with van der Waals surface area (Å²) >= 11 is 0. The summed E-state index contributed by atoms with van der Waals surface area (Å²) in [4.78, 5) is 0. The van der Waals surface area contributed by atoms with Crippen molar-refractivity contribution in [2.24, 2.45) is 0 Å². The van der Waals surface area contributed by atoms with Crippen molar-refractivity contribution in [1.29, 1.82) is 0 Å². The van der Waals surface area contributed by atoms with E-state index in [-0.39, 0.29) is 0 Å². The highest BCUT2D eigenvalue weighted by Gasteiger charge is 2.18. The van der Waals surface area contributed by atoms with Gasteiger partial charge in [0, 0.05) is 6.04 Å². The molecule has 0 fully saturated rings. The van der Waals surface area contributed by atoms with Crippen LogP contribution in [0.15, 0.2) is 12.1 Å². The molecule has 1 heterocycles. The summed E-state index contributed by atoms with van der Waals surface area (Å²) in [5.41, 5.74) is 5.99. The van der Waals surface area contributed by atoms with Gasteiger partial charge in [-0.2, -0.15) is 0 Å². The van der Waals surface area contributed by atoms with E-state index in [4.69, 9.17) is 0 Å². The topological polar surface area (TPSA) is 12.0 Å². The van der Waals surface area contributed by atoms with Gasteiger partial charge in [0.15, 0.2) is 0 Å². The standard InChI is InChI=1S/C12H17N/c1-8-4-5-9(2)12-10(3)13-7-6-11(8)12/h4-5,10,13H,6-7H2,1-3H3. The Kier molecular flexibility index (Phi) is 2.12. The van der Waals surface area contributed by atoms with Crippen LogP contribution in [0.5, 0.6) is 0 Å². The highest BCUT2D eigenvalue weighted by molar-refractivity contribution is 5.43. The molecule has 1 aromatic rings. The van der Waals surface area contributed by atoms with Crippen molar-refractivity contribution in [2.75, 3.05) is 6.54 Å². The summed E-state index contributed by atoms with van der Waals surface area (Å²) in [6.45, 7) is 7.81. The fourth-order valence-electron chi connectivity index (χ4n) is 2.34. The maximum Gasteiger partial charge on any atom is 0.0297 e. The van der Waals surface area contributed by atoms with Crippen LogP contribution < -0.4 is 5.32 Å². The van der Waals surface area contributed by atoms with Crippen LogP contribution in [0.25, 0.3) is 0 Å². The lowest BCUT2D eigenvalue weighted by molar-refractivity contribution is 0.536. The molecule has 13 heavy (non-hydrogen) atoms. The average molecular weight is 175 g/mol. The number of nitrogens with one attached hydrogen (secondary N) is 1. The van der Waals surface area contributed by atoms with Crippen molar-refractivity contribution < 1.29 is 0 Å². The van der Waals surface area contributed by atoms with Gasteiger partial charge in [-0.25, -0.2) is 0 Å². The highest BCUT2D eigenvalue weighted by Crippen LogP contribution is 2.28. The fourth-order valence-corrected chi connectivity index (χ4v) is 2.34. The van der Waals surface area contributed by atoms with Crippen LogP contribution in [0.3, 0.4) is 0 Å². The first-order valence-corrected chi connectivity index (χ1v) is 5.02. The first-order valence-electron chi connectivity index (χ1n) is 5.02. The van der Waals surface area contributed by atoms with Gasteiger partial charge in [0.05, 0.1) is 0 Å². The number of aryl methyl sites for hydroxylation is 2. The van der Waals surface area contributed by atoms with Crippen LogP contribution >= 0.6 is 0 Å². The summed E-state index contributed by atoms with van der Waals surface area (Å²) in [6.07, 6.45) is 1.19. The van der Waals surface area contributed by atoms with Crippen LogP contribution in [0.1, 0.15) is 35.2 Å². The minimum atomic E-state index is 0.531. The molecule has 70 valence electrons. The second-order valence-corrected chi connectivity index (χ2v) is 4.02. The molecule has 0 bridgehead atoms. The third-order valence-electron chi connectivity index (χ3n) is 3.07. The predicted octanol–water partition coefficient (Wildman–Crippen LogP) is 2.51. The van der Waals surface area contributed by atoms with E-state index in [1.807, 2.05) is 0 Å². The first-order chi connectivity index (χ1) is 6.20. The second kappa shape index (κ2) is 3.15. The van der Waals surface area contributed by atoms with E-state index in [0.717, 1.165) is 6.54 Å². The van der Waals surface area contributed by atoms with Gasteiger partial charge in [0.1, 0.15) is 0 Å². The summed E-state index contributed by atoms with van der Waals surface area (Å²) in [5.74, 6) is 0. The molecule has 1 atom stereocenters. The summed E-state index contributed by atoms with van der Waals surface area (Å²) in [7, 11) is 0. The molecule has 0 radical (unpaired) electrons. The van der Waals surface area contributed by atoms with Crippen molar-refractivity contribution in [3.63, 3.8) is 0 Å². The Morgan fingerprint density at radius 3 is 2.62 bits per heavy atom. The van der Waals surface area contributed by atoms with Crippen LogP contribution in [-0.4, -0.2) is 6.54 Å². The van der Waals surface area contributed by atoms with E-state index in [9.17, 15) is 0 Å². The van der Waals surface area contributed by atoms with E-state index in [1.54, 1.807) is 5.56 Å². The Balaban J connectivity index is 2.60. The molecule has 0 saturated heterocycles. The molecule has 1 nitrogen and oxygen atoms in total. The van der Waals surface area contributed by atoms with Crippen molar-refractivity contribution in [3.05, 3.63) is 34.4 Å². The second-order valence-electron chi connectivity index (χ2n) is 4.02. The Morgan fingerprint density at radius 1 is 1.23 bits per heavy atom. The molecule has 2 rings (SSSR count). The predicted molar refractivity (Wildman–Crippen MR) is 56.0 cm³/mol. The van der Waals surface area contributed by atoms with Crippen LogP contribution in [0.2, 0.25) is 0 Å².